The summed E-state index contributed by atoms with van der Waals surface area (Å²) >= 11 is 1.68. The summed E-state index contributed by atoms with van der Waals surface area (Å²) in [6.45, 7) is 4.73. The minimum atomic E-state index is -4.30. The zero-order valence-corrected chi connectivity index (χ0v) is 20.2. The average molecular weight is 556 g/mol. The molecule has 0 unspecified atom stereocenters. The van der Waals surface area contributed by atoms with Gasteiger partial charge in [0.15, 0.2) is 5.96 Å². The number of hydrogen-bond donors (Lipinski definition) is 2. The molecule has 0 aliphatic carbocycles. The second kappa shape index (κ2) is 13.8. The fraction of sp³-hybridized carbons (Fsp3) is 0.500. The molecule has 0 fully saturated rings. The van der Waals surface area contributed by atoms with Gasteiger partial charge >= 0.3 is 6.18 Å². The van der Waals surface area contributed by atoms with Crippen LogP contribution in [-0.4, -0.2) is 36.8 Å². The highest BCUT2D eigenvalue weighted by Gasteiger charge is 2.27. The number of benzene rings is 1. The number of ether oxygens (including phenoxy) is 1. The Labute approximate surface area is 196 Å². The number of aromatic nitrogens is 1. The zero-order valence-electron chi connectivity index (χ0n) is 17.1. The number of aliphatic imine (C=N–C) groups is 1. The number of nitrogens with zero attached hydrogens (tertiary/aromatic N) is 2. The summed E-state index contributed by atoms with van der Waals surface area (Å²) in [6, 6.07) is 7.23. The first-order valence-electron chi connectivity index (χ1n) is 9.51. The number of thiazole rings is 1. The van der Waals surface area contributed by atoms with Crippen molar-refractivity contribution in [2.75, 3.05) is 19.7 Å². The van der Waals surface area contributed by atoms with E-state index in [0.29, 0.717) is 12.1 Å². The van der Waals surface area contributed by atoms with Gasteiger partial charge in [0.1, 0.15) is 6.61 Å². The summed E-state index contributed by atoms with van der Waals surface area (Å²) in [7, 11) is 0. The summed E-state index contributed by atoms with van der Waals surface area (Å²) in [5.41, 5.74) is 2.73. The van der Waals surface area contributed by atoms with E-state index in [2.05, 4.69) is 30.7 Å². The molecule has 2 N–H and O–H groups in total. The van der Waals surface area contributed by atoms with Gasteiger partial charge in [0.2, 0.25) is 0 Å². The normalized spacial score (nSPS) is 11.8. The summed E-state index contributed by atoms with van der Waals surface area (Å²) in [5, 5.41) is 9.72. The molecule has 1 heterocycles. The van der Waals surface area contributed by atoms with Crippen molar-refractivity contribution >= 4 is 41.3 Å². The van der Waals surface area contributed by atoms with Crippen molar-refractivity contribution in [3.05, 3.63) is 51.5 Å². The van der Waals surface area contributed by atoms with Crippen LogP contribution in [0.4, 0.5) is 13.2 Å². The second-order valence-electron chi connectivity index (χ2n) is 6.53. The van der Waals surface area contributed by atoms with Crippen LogP contribution in [0.25, 0.3) is 0 Å². The van der Waals surface area contributed by atoms with Gasteiger partial charge in [-0.3, -0.25) is 0 Å². The molecular formula is C20H28F3IN4OS. The SMILES string of the molecule is CCNC(=NCc1ccc(COCC(F)(F)F)cc1)NCCCc1nc(C)cs1.I. The van der Waals surface area contributed by atoms with Crippen LogP contribution >= 0.6 is 35.3 Å². The quantitative estimate of drug-likeness (QED) is 0.191. The minimum absolute atomic E-state index is 0. The van der Waals surface area contributed by atoms with E-state index in [0.717, 1.165) is 48.2 Å². The molecule has 2 rings (SSSR count). The van der Waals surface area contributed by atoms with Crippen LogP contribution in [0.2, 0.25) is 0 Å². The predicted molar refractivity (Wildman–Crippen MR) is 126 cm³/mol. The maximum Gasteiger partial charge on any atom is 0.411 e. The van der Waals surface area contributed by atoms with Crippen LogP contribution in [0.1, 0.15) is 35.2 Å². The Morgan fingerprint density at radius 1 is 1.17 bits per heavy atom. The lowest BCUT2D eigenvalue weighted by Crippen LogP contribution is -2.37. The molecule has 0 saturated carbocycles. The minimum Gasteiger partial charge on any atom is -0.367 e. The van der Waals surface area contributed by atoms with Crippen LogP contribution in [0.5, 0.6) is 0 Å². The highest BCUT2D eigenvalue weighted by molar-refractivity contribution is 14.0. The number of rotatable bonds is 10. The fourth-order valence-corrected chi connectivity index (χ4v) is 3.32. The number of guanidine groups is 1. The van der Waals surface area contributed by atoms with Gasteiger partial charge in [-0.05, 0) is 31.4 Å². The first-order valence-corrected chi connectivity index (χ1v) is 10.4. The first kappa shape index (κ1) is 26.6. The summed E-state index contributed by atoms with van der Waals surface area (Å²) < 4.78 is 41.0. The average Bonchev–Trinajstić information content (AvgIpc) is 3.08. The Morgan fingerprint density at radius 3 is 2.47 bits per heavy atom. The molecule has 0 saturated heterocycles. The molecule has 5 nitrogen and oxygen atoms in total. The van der Waals surface area contributed by atoms with Crippen molar-refractivity contribution in [2.45, 2.75) is 46.0 Å². The molecule has 1 aromatic heterocycles. The van der Waals surface area contributed by atoms with Gasteiger partial charge in [-0.1, -0.05) is 24.3 Å². The van der Waals surface area contributed by atoms with Crippen molar-refractivity contribution in [3.8, 4) is 0 Å². The Hall–Kier alpha value is -1.40. The van der Waals surface area contributed by atoms with Crippen LogP contribution < -0.4 is 10.6 Å². The molecule has 1 aromatic carbocycles. The Morgan fingerprint density at radius 2 is 1.87 bits per heavy atom. The molecule has 30 heavy (non-hydrogen) atoms. The Balaban J connectivity index is 0.00000450. The number of halogens is 4. The van der Waals surface area contributed by atoms with Crippen LogP contribution in [-0.2, 0) is 24.3 Å². The van der Waals surface area contributed by atoms with Gasteiger partial charge < -0.3 is 15.4 Å². The van der Waals surface area contributed by atoms with E-state index in [-0.39, 0.29) is 30.6 Å². The molecule has 168 valence electrons. The van der Waals surface area contributed by atoms with E-state index in [1.807, 2.05) is 26.0 Å². The number of hydrogen-bond acceptors (Lipinski definition) is 4. The smallest absolute Gasteiger partial charge is 0.367 e. The first-order chi connectivity index (χ1) is 13.9. The van der Waals surface area contributed by atoms with Crippen LogP contribution in [0, 0.1) is 6.92 Å². The van der Waals surface area contributed by atoms with Crippen molar-refractivity contribution in [2.24, 2.45) is 4.99 Å². The highest BCUT2D eigenvalue weighted by atomic mass is 127. The topological polar surface area (TPSA) is 58.5 Å². The Kier molecular flexibility index (Phi) is 12.3. The van der Waals surface area contributed by atoms with Crippen LogP contribution in [0.15, 0.2) is 34.6 Å². The molecule has 0 radical (unpaired) electrons. The van der Waals surface area contributed by atoms with Crippen molar-refractivity contribution in [1.29, 1.82) is 0 Å². The third-order valence-corrected chi connectivity index (χ3v) is 4.87. The van der Waals surface area contributed by atoms with E-state index in [9.17, 15) is 13.2 Å². The van der Waals surface area contributed by atoms with Crippen molar-refractivity contribution in [3.63, 3.8) is 0 Å². The maximum atomic E-state index is 12.1. The van der Waals surface area contributed by atoms with E-state index in [4.69, 9.17) is 0 Å². The molecule has 0 aliphatic heterocycles. The molecule has 10 heteroatoms. The monoisotopic (exact) mass is 556 g/mol. The standard InChI is InChI=1S/C20H27F3N4OS.HI/c1-3-24-19(25-10-4-5-18-27-15(2)13-29-18)26-11-16-6-8-17(9-7-16)12-28-14-20(21,22)23;/h6-9,13H,3-5,10-12,14H2,1-2H3,(H2,24,25,26);1H. The summed E-state index contributed by atoms with van der Waals surface area (Å²) in [5.74, 6) is 0.736. The number of aryl methyl sites for hydroxylation is 2. The molecule has 0 amide bonds. The second-order valence-corrected chi connectivity index (χ2v) is 7.48. The van der Waals surface area contributed by atoms with E-state index in [1.54, 1.807) is 23.5 Å². The Bertz CT molecular complexity index is 766. The van der Waals surface area contributed by atoms with Gasteiger partial charge in [0.25, 0.3) is 0 Å². The fourth-order valence-electron chi connectivity index (χ4n) is 2.50. The molecule has 0 aliphatic rings. The van der Waals surface area contributed by atoms with Gasteiger partial charge in [-0.2, -0.15) is 13.2 Å². The van der Waals surface area contributed by atoms with Crippen LogP contribution in [0.3, 0.4) is 0 Å². The van der Waals surface area contributed by atoms with E-state index < -0.39 is 12.8 Å². The molecule has 0 bridgehead atoms. The van der Waals surface area contributed by atoms with Gasteiger partial charge in [0, 0.05) is 30.6 Å². The summed E-state index contributed by atoms with van der Waals surface area (Å²) in [6.07, 6.45) is -2.41. The lowest BCUT2D eigenvalue weighted by Gasteiger charge is -2.11. The van der Waals surface area contributed by atoms with Crippen molar-refractivity contribution < 1.29 is 17.9 Å². The molecule has 0 atom stereocenters. The highest BCUT2D eigenvalue weighted by Crippen LogP contribution is 2.16. The van der Waals surface area contributed by atoms with Crippen molar-refractivity contribution in [1.82, 2.24) is 15.6 Å². The predicted octanol–water partition coefficient (Wildman–Crippen LogP) is 4.84. The molecular weight excluding hydrogens is 528 g/mol. The molecule has 2 aromatic rings. The largest absolute Gasteiger partial charge is 0.411 e. The van der Waals surface area contributed by atoms with E-state index >= 15 is 0 Å². The molecule has 0 spiro atoms. The van der Waals surface area contributed by atoms with Gasteiger partial charge in [-0.25, -0.2) is 9.98 Å². The lowest BCUT2D eigenvalue weighted by molar-refractivity contribution is -0.176. The summed E-state index contributed by atoms with van der Waals surface area (Å²) in [4.78, 5) is 9.02. The zero-order chi connectivity index (χ0) is 21.1. The number of nitrogens with one attached hydrogen (secondary N) is 2. The maximum absolute atomic E-state index is 12.1. The van der Waals surface area contributed by atoms with E-state index in [1.165, 1.54) is 0 Å². The lowest BCUT2D eigenvalue weighted by atomic mass is 10.1. The van der Waals surface area contributed by atoms with Gasteiger partial charge in [0.05, 0.1) is 18.2 Å². The number of alkyl halides is 3. The van der Waals surface area contributed by atoms with Gasteiger partial charge in [-0.15, -0.1) is 35.3 Å². The third-order valence-electron chi connectivity index (χ3n) is 3.85. The third kappa shape index (κ3) is 11.1.